The van der Waals surface area contributed by atoms with Gasteiger partial charge >= 0.3 is 12.1 Å². The Morgan fingerprint density at radius 2 is 1.61 bits per heavy atom. The minimum Gasteiger partial charge on any atom is -0.465 e. The minimum absolute atomic E-state index is 0.0610. The molecule has 1 aliphatic carbocycles. The summed E-state index contributed by atoms with van der Waals surface area (Å²) < 4.78 is 10.7. The molecule has 0 bridgehead atoms. The lowest BCUT2D eigenvalue weighted by Crippen LogP contribution is -2.51. The number of nitrogens with zero attached hydrogens (tertiary/aromatic N) is 2. The molecule has 0 atom stereocenters. The molecule has 3 rings (SSSR count). The van der Waals surface area contributed by atoms with Crippen molar-refractivity contribution in [1.82, 2.24) is 4.90 Å². The van der Waals surface area contributed by atoms with Crippen molar-refractivity contribution in [3.05, 3.63) is 15.8 Å². The Balaban J connectivity index is 1.95. The highest BCUT2D eigenvalue weighted by Crippen LogP contribution is 2.38. The van der Waals surface area contributed by atoms with Gasteiger partial charge in [0, 0.05) is 30.5 Å². The molecule has 1 saturated carbocycles. The van der Waals surface area contributed by atoms with Crippen molar-refractivity contribution >= 4 is 35.0 Å². The smallest absolute Gasteiger partial charge is 0.410 e. The summed E-state index contributed by atoms with van der Waals surface area (Å²) >= 11 is 1.27. The van der Waals surface area contributed by atoms with Gasteiger partial charge in [0.25, 0.3) is 0 Å². The quantitative estimate of drug-likeness (QED) is 0.320. The first-order valence-electron chi connectivity index (χ1n) is 13.7. The van der Waals surface area contributed by atoms with Gasteiger partial charge < -0.3 is 19.3 Å². The van der Waals surface area contributed by atoms with Crippen molar-refractivity contribution in [2.24, 2.45) is 17.3 Å². The highest BCUT2D eigenvalue weighted by Gasteiger charge is 2.38. The molecule has 2 amide bonds. The van der Waals surface area contributed by atoms with E-state index in [-0.39, 0.29) is 29.4 Å². The molecule has 0 radical (unpaired) electrons. The van der Waals surface area contributed by atoms with Crippen molar-refractivity contribution < 1.29 is 23.9 Å². The second-order valence-electron chi connectivity index (χ2n) is 12.7. The maximum Gasteiger partial charge on any atom is 0.410 e. The van der Waals surface area contributed by atoms with Gasteiger partial charge in [0.15, 0.2) is 0 Å². The third-order valence-electron chi connectivity index (χ3n) is 6.99. The van der Waals surface area contributed by atoms with E-state index in [9.17, 15) is 14.4 Å². The molecule has 1 aliphatic heterocycles. The monoisotopic (exact) mass is 544 g/mol. The summed E-state index contributed by atoms with van der Waals surface area (Å²) in [6, 6.07) is 1.74. The van der Waals surface area contributed by atoms with Gasteiger partial charge in [0.05, 0.1) is 17.7 Å². The molecule has 7 nitrogen and oxygen atoms in total. The second kappa shape index (κ2) is 12.1. The van der Waals surface area contributed by atoms with E-state index < -0.39 is 11.6 Å². The van der Waals surface area contributed by atoms with Crippen LogP contribution in [0.2, 0.25) is 0 Å². The van der Waals surface area contributed by atoms with E-state index in [1.165, 1.54) is 18.4 Å². The average Bonchev–Trinajstić information content (AvgIpc) is 3.25. The fraction of sp³-hybridized carbons (Fsp3) is 0.700. The number of hydrogen-bond acceptors (Lipinski definition) is 6. The van der Waals surface area contributed by atoms with Gasteiger partial charge in [-0.1, -0.05) is 18.8 Å². The van der Waals surface area contributed by atoms with Gasteiger partial charge in [-0.15, -0.1) is 11.3 Å². The first-order chi connectivity index (χ1) is 17.7. The van der Waals surface area contributed by atoms with Crippen LogP contribution < -0.4 is 4.90 Å². The van der Waals surface area contributed by atoms with Gasteiger partial charge in [-0.05, 0) is 92.1 Å². The molecule has 2 heterocycles. The number of methoxy groups -OCH3 is 1. The van der Waals surface area contributed by atoms with Gasteiger partial charge in [-0.2, -0.15) is 0 Å². The minimum atomic E-state index is -0.565. The number of rotatable bonds is 4. The highest BCUT2D eigenvalue weighted by molar-refractivity contribution is 7.15. The molecule has 1 aromatic rings. The van der Waals surface area contributed by atoms with Crippen molar-refractivity contribution in [2.75, 3.05) is 25.1 Å². The summed E-state index contributed by atoms with van der Waals surface area (Å²) in [7, 11) is 1.36. The first-order valence-corrected chi connectivity index (χ1v) is 14.6. The zero-order valence-corrected chi connectivity index (χ0v) is 25.1. The van der Waals surface area contributed by atoms with Crippen LogP contribution >= 0.6 is 11.3 Å². The summed E-state index contributed by atoms with van der Waals surface area (Å²) in [5, 5.41) is 0. The SMILES string of the molecule is COC(=O)c1sc(C#CC(C)(C)C)cc1N(C(=O)C1CCC(C)CC1)C1CCN(C(=O)OC(C)(C)C)CC1. The predicted molar refractivity (Wildman–Crippen MR) is 151 cm³/mol. The number of anilines is 1. The summed E-state index contributed by atoms with van der Waals surface area (Å²) in [5.41, 5.74) is -0.178. The number of likely N-dealkylation sites (tertiary alicyclic amines) is 1. The Kier molecular flexibility index (Phi) is 9.57. The van der Waals surface area contributed by atoms with Crippen molar-refractivity contribution in [3.63, 3.8) is 0 Å². The summed E-state index contributed by atoms with van der Waals surface area (Å²) in [6.07, 6.45) is 4.62. The van der Waals surface area contributed by atoms with E-state index >= 15 is 0 Å². The molecule has 1 aromatic heterocycles. The lowest BCUT2D eigenvalue weighted by molar-refractivity contribution is -0.124. The van der Waals surface area contributed by atoms with E-state index in [0.29, 0.717) is 42.4 Å². The van der Waals surface area contributed by atoms with Crippen LogP contribution in [-0.2, 0) is 14.3 Å². The number of thiophene rings is 1. The fourth-order valence-corrected chi connectivity index (χ4v) is 5.86. The lowest BCUT2D eigenvalue weighted by Gasteiger charge is -2.40. The van der Waals surface area contributed by atoms with Crippen LogP contribution in [0.4, 0.5) is 10.5 Å². The van der Waals surface area contributed by atoms with Gasteiger partial charge in [-0.25, -0.2) is 9.59 Å². The van der Waals surface area contributed by atoms with Gasteiger partial charge in [0.1, 0.15) is 10.5 Å². The maximum atomic E-state index is 14.1. The zero-order chi connectivity index (χ0) is 28.3. The van der Waals surface area contributed by atoms with Gasteiger partial charge in [-0.3, -0.25) is 4.79 Å². The maximum absolute atomic E-state index is 14.1. The van der Waals surface area contributed by atoms with Crippen LogP contribution in [0.5, 0.6) is 0 Å². The standard InChI is InChI=1S/C30H44N2O5S/c1-20-9-11-21(12-10-20)26(33)32(22-14-17-31(18-15-22)28(35)37-30(5,6)7)24-19-23(13-16-29(2,3)4)38-25(24)27(34)36-8/h19-22H,9-12,14-15,17-18H2,1-8H3. The normalized spacial score (nSPS) is 20.8. The molecule has 2 fully saturated rings. The average molecular weight is 545 g/mol. The van der Waals surface area contributed by atoms with Crippen LogP contribution in [0.25, 0.3) is 0 Å². The van der Waals surface area contributed by atoms with E-state index in [1.54, 1.807) is 4.90 Å². The number of carbonyl (C=O) groups excluding carboxylic acids is 3. The number of ether oxygens (including phenoxy) is 2. The van der Waals surface area contributed by atoms with E-state index in [1.807, 2.05) is 52.5 Å². The molecular weight excluding hydrogens is 500 g/mol. The van der Waals surface area contributed by atoms with Crippen LogP contribution in [0.15, 0.2) is 6.07 Å². The molecule has 8 heteroatoms. The Hall–Kier alpha value is -2.53. The molecular formula is C30H44N2O5S. The summed E-state index contributed by atoms with van der Waals surface area (Å²) in [5.74, 6) is 6.58. The molecule has 1 saturated heterocycles. The van der Waals surface area contributed by atoms with E-state index in [2.05, 4.69) is 18.8 Å². The number of piperidine rings is 1. The molecule has 0 aromatic carbocycles. The molecule has 0 unspecified atom stereocenters. The van der Waals surface area contributed by atoms with E-state index in [4.69, 9.17) is 9.47 Å². The Morgan fingerprint density at radius 1 is 1.00 bits per heavy atom. The third kappa shape index (κ3) is 7.99. The number of amides is 2. The van der Waals surface area contributed by atoms with Crippen LogP contribution in [-0.4, -0.2) is 54.7 Å². The second-order valence-corrected chi connectivity index (χ2v) is 13.7. The van der Waals surface area contributed by atoms with Crippen molar-refractivity contribution in [3.8, 4) is 11.8 Å². The zero-order valence-electron chi connectivity index (χ0n) is 24.3. The van der Waals surface area contributed by atoms with Crippen LogP contribution in [0, 0.1) is 29.1 Å². The van der Waals surface area contributed by atoms with E-state index in [0.717, 1.165) is 30.6 Å². The molecule has 2 aliphatic rings. The first kappa shape index (κ1) is 30.0. The van der Waals surface area contributed by atoms with Crippen LogP contribution in [0.3, 0.4) is 0 Å². The Labute approximate surface area is 232 Å². The topological polar surface area (TPSA) is 76.2 Å². The molecule has 38 heavy (non-hydrogen) atoms. The molecule has 0 spiro atoms. The number of hydrogen-bond donors (Lipinski definition) is 0. The number of carbonyl (C=O) groups is 3. The predicted octanol–water partition coefficient (Wildman–Crippen LogP) is 6.49. The fourth-order valence-electron chi connectivity index (χ4n) is 4.94. The third-order valence-corrected chi connectivity index (χ3v) is 8.01. The van der Waals surface area contributed by atoms with Crippen molar-refractivity contribution in [1.29, 1.82) is 0 Å². The van der Waals surface area contributed by atoms with Crippen molar-refractivity contribution in [2.45, 2.75) is 98.6 Å². The summed E-state index contributed by atoms with van der Waals surface area (Å²) in [4.78, 5) is 44.4. The Morgan fingerprint density at radius 3 is 2.13 bits per heavy atom. The van der Waals surface area contributed by atoms with Crippen LogP contribution in [0.1, 0.15) is 102 Å². The van der Waals surface area contributed by atoms with Gasteiger partial charge in [0.2, 0.25) is 5.91 Å². The summed E-state index contributed by atoms with van der Waals surface area (Å²) in [6.45, 7) is 14.9. The molecule has 0 N–H and O–H groups in total. The number of esters is 1. The Bertz CT molecular complexity index is 1070. The highest BCUT2D eigenvalue weighted by atomic mass is 32.1. The lowest BCUT2D eigenvalue weighted by atomic mass is 9.82. The molecule has 210 valence electrons. The largest absolute Gasteiger partial charge is 0.465 e.